The highest BCUT2D eigenvalue weighted by Crippen LogP contribution is 2.21. The molecule has 1 atom stereocenters. The number of aromatic nitrogens is 1. The van der Waals surface area contributed by atoms with Crippen molar-refractivity contribution in [3.63, 3.8) is 0 Å². The summed E-state index contributed by atoms with van der Waals surface area (Å²) < 4.78 is 10.8. The van der Waals surface area contributed by atoms with Crippen LogP contribution in [0.4, 0.5) is 0 Å². The predicted octanol–water partition coefficient (Wildman–Crippen LogP) is 4.77. The van der Waals surface area contributed by atoms with Crippen molar-refractivity contribution in [2.45, 2.75) is 38.2 Å². The van der Waals surface area contributed by atoms with Crippen molar-refractivity contribution >= 4 is 23.6 Å². The zero-order chi connectivity index (χ0) is 22.1. The molecule has 0 aliphatic carbocycles. The van der Waals surface area contributed by atoms with Crippen molar-refractivity contribution < 1.29 is 18.7 Å². The number of oxazole rings is 1. The number of hydrogen-bond acceptors (Lipinski definition) is 6. The van der Waals surface area contributed by atoms with E-state index in [1.165, 1.54) is 11.8 Å². The van der Waals surface area contributed by atoms with Gasteiger partial charge in [-0.15, -0.1) is 11.8 Å². The van der Waals surface area contributed by atoms with Gasteiger partial charge in [0.25, 0.3) is 0 Å². The maximum atomic E-state index is 12.5. The minimum atomic E-state index is -0.433. The molecule has 1 N–H and O–H groups in total. The number of esters is 1. The lowest BCUT2D eigenvalue weighted by Crippen LogP contribution is -2.32. The molecule has 3 aromatic rings. The SMILES string of the molecule is CC(C)OC(=O)CC(NC(=O)CSCc1coc(-c2ccccc2)n1)c1ccccc1. The van der Waals surface area contributed by atoms with E-state index in [2.05, 4.69) is 10.3 Å². The third-order valence-electron chi connectivity index (χ3n) is 4.33. The zero-order valence-corrected chi connectivity index (χ0v) is 18.4. The van der Waals surface area contributed by atoms with Gasteiger partial charge in [-0.05, 0) is 31.5 Å². The second-order valence-corrected chi connectivity index (χ2v) is 8.26. The van der Waals surface area contributed by atoms with Crippen molar-refractivity contribution in [2.75, 3.05) is 5.75 Å². The Morgan fingerprint density at radius 2 is 1.74 bits per heavy atom. The zero-order valence-electron chi connectivity index (χ0n) is 17.6. The van der Waals surface area contributed by atoms with E-state index in [-0.39, 0.29) is 30.2 Å². The largest absolute Gasteiger partial charge is 0.463 e. The molecule has 162 valence electrons. The van der Waals surface area contributed by atoms with E-state index in [4.69, 9.17) is 9.15 Å². The number of nitrogens with zero attached hydrogens (tertiary/aromatic N) is 1. The number of nitrogens with one attached hydrogen (secondary N) is 1. The molecule has 0 spiro atoms. The summed E-state index contributed by atoms with van der Waals surface area (Å²) in [7, 11) is 0. The molecule has 7 heteroatoms. The molecule has 0 saturated carbocycles. The Morgan fingerprint density at radius 3 is 2.42 bits per heavy atom. The highest BCUT2D eigenvalue weighted by atomic mass is 32.2. The molecular weight excluding hydrogens is 412 g/mol. The van der Waals surface area contributed by atoms with Gasteiger partial charge in [0.15, 0.2) is 0 Å². The van der Waals surface area contributed by atoms with E-state index in [0.717, 1.165) is 16.8 Å². The van der Waals surface area contributed by atoms with Crippen molar-refractivity contribution in [3.8, 4) is 11.5 Å². The molecule has 0 aliphatic heterocycles. The second-order valence-electron chi connectivity index (χ2n) is 7.28. The van der Waals surface area contributed by atoms with Crippen LogP contribution in [0.3, 0.4) is 0 Å². The van der Waals surface area contributed by atoms with Crippen LogP contribution in [0.15, 0.2) is 71.3 Å². The summed E-state index contributed by atoms with van der Waals surface area (Å²) >= 11 is 1.44. The standard InChI is InChI=1S/C24H26N2O4S/c1-17(2)30-23(28)13-21(18-9-5-3-6-10-18)26-22(27)16-31-15-20-14-29-24(25-20)19-11-7-4-8-12-19/h3-12,14,17,21H,13,15-16H2,1-2H3,(H,26,27). The number of rotatable bonds is 10. The van der Waals surface area contributed by atoms with Crippen LogP contribution >= 0.6 is 11.8 Å². The molecule has 3 rings (SSSR count). The van der Waals surface area contributed by atoms with Gasteiger partial charge in [-0.2, -0.15) is 0 Å². The van der Waals surface area contributed by atoms with Gasteiger partial charge < -0.3 is 14.5 Å². The maximum absolute atomic E-state index is 12.5. The Balaban J connectivity index is 1.52. The molecule has 0 saturated heterocycles. The molecule has 31 heavy (non-hydrogen) atoms. The van der Waals surface area contributed by atoms with Crippen LogP contribution in [-0.4, -0.2) is 28.7 Å². The highest BCUT2D eigenvalue weighted by molar-refractivity contribution is 7.99. The fourth-order valence-electron chi connectivity index (χ4n) is 2.99. The van der Waals surface area contributed by atoms with Crippen molar-refractivity contribution in [1.82, 2.24) is 10.3 Å². The van der Waals surface area contributed by atoms with E-state index in [0.29, 0.717) is 11.6 Å². The van der Waals surface area contributed by atoms with Gasteiger partial charge in [0.05, 0.1) is 30.0 Å². The fraction of sp³-hybridized carbons (Fsp3) is 0.292. The topological polar surface area (TPSA) is 81.4 Å². The summed E-state index contributed by atoms with van der Waals surface area (Å²) in [5.41, 5.74) is 2.55. The molecule has 0 aliphatic rings. The first kappa shape index (κ1) is 22.6. The molecule has 0 bridgehead atoms. The van der Waals surface area contributed by atoms with Gasteiger partial charge in [0, 0.05) is 11.3 Å². The Hall–Kier alpha value is -3.06. The van der Waals surface area contributed by atoms with E-state index in [1.807, 2.05) is 60.7 Å². The maximum Gasteiger partial charge on any atom is 0.308 e. The summed E-state index contributed by atoms with van der Waals surface area (Å²) in [4.78, 5) is 29.1. The average Bonchev–Trinajstić information content (AvgIpc) is 3.23. The Morgan fingerprint density at radius 1 is 1.06 bits per heavy atom. The van der Waals surface area contributed by atoms with Crippen LogP contribution < -0.4 is 5.32 Å². The normalized spacial score (nSPS) is 11.8. The summed E-state index contributed by atoms with van der Waals surface area (Å²) in [6.45, 7) is 3.61. The molecule has 1 heterocycles. The van der Waals surface area contributed by atoms with Gasteiger partial charge in [0.1, 0.15) is 6.26 Å². The number of carbonyl (C=O) groups is 2. The summed E-state index contributed by atoms with van der Waals surface area (Å²) in [6, 6.07) is 18.7. The lowest BCUT2D eigenvalue weighted by atomic mass is 10.0. The van der Waals surface area contributed by atoms with Crippen LogP contribution in [0.25, 0.3) is 11.5 Å². The Labute approximate surface area is 186 Å². The van der Waals surface area contributed by atoms with E-state index in [9.17, 15) is 9.59 Å². The van der Waals surface area contributed by atoms with E-state index >= 15 is 0 Å². The molecule has 1 aromatic heterocycles. The fourth-order valence-corrected chi connectivity index (χ4v) is 3.70. The molecular formula is C24H26N2O4S. The molecule has 0 fully saturated rings. The number of hydrogen-bond donors (Lipinski definition) is 1. The molecule has 6 nitrogen and oxygen atoms in total. The minimum absolute atomic E-state index is 0.0856. The average molecular weight is 439 g/mol. The van der Waals surface area contributed by atoms with Crippen molar-refractivity contribution in [1.29, 1.82) is 0 Å². The minimum Gasteiger partial charge on any atom is -0.463 e. The quantitative estimate of drug-likeness (QED) is 0.459. The van der Waals surface area contributed by atoms with Crippen molar-refractivity contribution in [3.05, 3.63) is 78.2 Å². The second kappa shape index (κ2) is 11.4. The molecule has 1 unspecified atom stereocenters. The van der Waals surface area contributed by atoms with Crippen LogP contribution in [0.2, 0.25) is 0 Å². The Kier molecular flexibility index (Phi) is 8.29. The lowest BCUT2D eigenvalue weighted by molar-refractivity contribution is -0.148. The first-order valence-corrected chi connectivity index (χ1v) is 11.3. The van der Waals surface area contributed by atoms with Gasteiger partial charge in [-0.3, -0.25) is 9.59 Å². The van der Waals surface area contributed by atoms with Gasteiger partial charge >= 0.3 is 5.97 Å². The summed E-state index contributed by atoms with van der Waals surface area (Å²) in [6.07, 6.45) is 1.50. The van der Waals surface area contributed by atoms with E-state index in [1.54, 1.807) is 20.1 Å². The first-order valence-electron chi connectivity index (χ1n) is 10.1. The number of benzene rings is 2. The predicted molar refractivity (Wildman–Crippen MR) is 121 cm³/mol. The molecule has 1 amide bonds. The van der Waals surface area contributed by atoms with Crippen molar-refractivity contribution in [2.24, 2.45) is 0 Å². The van der Waals surface area contributed by atoms with Crippen LogP contribution in [0.5, 0.6) is 0 Å². The number of thioether (sulfide) groups is 1. The number of ether oxygens (including phenoxy) is 1. The highest BCUT2D eigenvalue weighted by Gasteiger charge is 2.20. The van der Waals surface area contributed by atoms with Gasteiger partial charge in [0.2, 0.25) is 11.8 Å². The summed E-state index contributed by atoms with van der Waals surface area (Å²) in [5, 5.41) is 2.95. The van der Waals surface area contributed by atoms with Crippen LogP contribution in [0.1, 0.15) is 37.6 Å². The number of carbonyl (C=O) groups excluding carboxylic acids is 2. The smallest absolute Gasteiger partial charge is 0.308 e. The first-order chi connectivity index (χ1) is 15.0. The molecule has 0 radical (unpaired) electrons. The van der Waals surface area contributed by atoms with Gasteiger partial charge in [-0.1, -0.05) is 48.5 Å². The third-order valence-corrected chi connectivity index (χ3v) is 5.30. The Bertz CT molecular complexity index is 974. The monoisotopic (exact) mass is 438 g/mol. The molecule has 2 aromatic carbocycles. The van der Waals surface area contributed by atoms with Gasteiger partial charge in [-0.25, -0.2) is 4.98 Å². The third kappa shape index (κ3) is 7.29. The van der Waals surface area contributed by atoms with Crippen LogP contribution in [-0.2, 0) is 20.1 Å². The lowest BCUT2D eigenvalue weighted by Gasteiger charge is -2.19. The van der Waals surface area contributed by atoms with E-state index < -0.39 is 6.04 Å². The van der Waals surface area contributed by atoms with Crippen LogP contribution in [0, 0.1) is 0 Å². The number of amides is 1. The summed E-state index contributed by atoms with van der Waals surface area (Å²) in [5.74, 6) is 0.870.